The van der Waals surface area contributed by atoms with E-state index < -0.39 is 11.9 Å². The van der Waals surface area contributed by atoms with Crippen molar-refractivity contribution in [3.63, 3.8) is 0 Å². The Kier molecular flexibility index (Phi) is 4.52. The number of hydrogen-bond acceptors (Lipinski definition) is 4. The third-order valence-corrected chi connectivity index (χ3v) is 4.49. The Balaban J connectivity index is 1.92. The number of amides is 3. The van der Waals surface area contributed by atoms with E-state index in [-0.39, 0.29) is 12.1 Å². The van der Waals surface area contributed by atoms with Crippen LogP contribution in [0, 0.1) is 6.42 Å². The normalized spacial score (nSPS) is 23.0. The molecule has 8 heteroatoms. The summed E-state index contributed by atoms with van der Waals surface area (Å²) in [4.78, 5) is 34.5. The molecule has 0 spiro atoms. The highest BCUT2D eigenvalue weighted by Gasteiger charge is 2.51. The number of nitrogens with two attached hydrogens (primary N) is 1. The van der Waals surface area contributed by atoms with E-state index in [9.17, 15) is 9.59 Å². The maximum absolute atomic E-state index is 12.7. The molecule has 0 bridgehead atoms. The molecule has 25 heavy (non-hydrogen) atoms. The lowest BCUT2D eigenvalue weighted by Gasteiger charge is -2.23. The zero-order chi connectivity index (χ0) is 18.1. The largest absolute Gasteiger partial charge is 0.397 e. The second-order valence-corrected chi connectivity index (χ2v) is 6.25. The van der Waals surface area contributed by atoms with Crippen LogP contribution in [0.1, 0.15) is 12.0 Å². The number of carbonyl (C=O) groups is 2. The molecular weight excluding hydrogens is 322 g/mol. The van der Waals surface area contributed by atoms with Crippen LogP contribution >= 0.6 is 0 Å². The molecule has 1 aromatic carbocycles. The molecule has 2 atom stereocenters. The molecule has 0 aliphatic carbocycles. The molecule has 2 heterocycles. The third-order valence-electron chi connectivity index (χ3n) is 4.49. The summed E-state index contributed by atoms with van der Waals surface area (Å²) < 4.78 is 0. The molecule has 8 nitrogen and oxygen atoms in total. The van der Waals surface area contributed by atoms with Crippen molar-refractivity contribution in [2.75, 3.05) is 32.6 Å². The van der Waals surface area contributed by atoms with E-state index >= 15 is 0 Å². The molecule has 1 radical (unpaired) electrons. The lowest BCUT2D eigenvalue weighted by atomic mass is 10.0. The topological polar surface area (TPSA) is 91.5 Å². The summed E-state index contributed by atoms with van der Waals surface area (Å²) in [6.07, 6.45) is 2.77. The van der Waals surface area contributed by atoms with Crippen molar-refractivity contribution in [2.45, 2.75) is 18.5 Å². The summed E-state index contributed by atoms with van der Waals surface area (Å²) in [5, 5.41) is 4.00. The van der Waals surface area contributed by atoms with E-state index in [1.165, 1.54) is 12.0 Å². The SMILES string of the molecule is CON=C(c1ccc(N2C(=O)N3CC[CH][C@@H]3C2C(N)=O)cc1)N(C)C. The average Bonchev–Trinajstić information content (AvgIpc) is 3.14. The highest BCUT2D eigenvalue weighted by molar-refractivity contribution is 6.04. The smallest absolute Gasteiger partial charge is 0.325 e. The summed E-state index contributed by atoms with van der Waals surface area (Å²) in [5.74, 6) is 0.153. The zero-order valence-electron chi connectivity index (χ0n) is 14.5. The summed E-state index contributed by atoms with van der Waals surface area (Å²) in [6.45, 7) is 0.618. The second-order valence-electron chi connectivity index (χ2n) is 6.25. The predicted molar refractivity (Wildman–Crippen MR) is 93.9 cm³/mol. The number of oxime groups is 1. The molecule has 2 fully saturated rings. The van der Waals surface area contributed by atoms with Gasteiger partial charge < -0.3 is 20.4 Å². The maximum Gasteiger partial charge on any atom is 0.325 e. The molecule has 0 aromatic heterocycles. The molecule has 2 N–H and O–H groups in total. The van der Waals surface area contributed by atoms with Gasteiger partial charge >= 0.3 is 6.03 Å². The fourth-order valence-electron chi connectivity index (χ4n) is 3.41. The van der Waals surface area contributed by atoms with Crippen LogP contribution in [0.5, 0.6) is 0 Å². The Morgan fingerprint density at radius 1 is 1.32 bits per heavy atom. The Bertz CT molecular complexity index is 701. The lowest BCUT2D eigenvalue weighted by Crippen LogP contribution is -2.46. The van der Waals surface area contributed by atoms with Gasteiger partial charge in [-0.2, -0.15) is 0 Å². The van der Waals surface area contributed by atoms with Gasteiger partial charge in [0.2, 0.25) is 5.91 Å². The van der Waals surface area contributed by atoms with Gasteiger partial charge in [-0.25, -0.2) is 4.79 Å². The van der Waals surface area contributed by atoms with Crippen molar-refractivity contribution in [1.29, 1.82) is 0 Å². The average molecular weight is 344 g/mol. The molecule has 2 saturated heterocycles. The molecule has 1 unspecified atom stereocenters. The molecule has 0 saturated carbocycles. The molecular formula is C17H22N5O3. The Morgan fingerprint density at radius 2 is 2.00 bits per heavy atom. The predicted octanol–water partition coefficient (Wildman–Crippen LogP) is 0.629. The van der Waals surface area contributed by atoms with Gasteiger partial charge in [-0.05, 0) is 37.1 Å². The van der Waals surface area contributed by atoms with Crippen molar-refractivity contribution in [3.8, 4) is 0 Å². The molecule has 3 rings (SSSR count). The van der Waals surface area contributed by atoms with Crippen molar-refractivity contribution in [1.82, 2.24) is 9.80 Å². The number of carbonyl (C=O) groups excluding carboxylic acids is 2. The van der Waals surface area contributed by atoms with Gasteiger partial charge in [-0.3, -0.25) is 9.69 Å². The number of rotatable bonds is 4. The fraction of sp³-hybridized carbons (Fsp3) is 0.412. The fourth-order valence-corrected chi connectivity index (χ4v) is 3.41. The lowest BCUT2D eigenvalue weighted by molar-refractivity contribution is -0.119. The Hall–Kier alpha value is -2.77. The van der Waals surface area contributed by atoms with E-state index in [0.29, 0.717) is 18.1 Å². The van der Waals surface area contributed by atoms with E-state index in [4.69, 9.17) is 10.6 Å². The van der Waals surface area contributed by atoms with Crippen molar-refractivity contribution < 1.29 is 14.4 Å². The second kappa shape index (κ2) is 6.62. The van der Waals surface area contributed by atoms with Gasteiger partial charge in [-0.1, -0.05) is 5.16 Å². The minimum Gasteiger partial charge on any atom is -0.397 e. The zero-order valence-corrected chi connectivity index (χ0v) is 14.5. The maximum atomic E-state index is 12.7. The highest BCUT2D eigenvalue weighted by Crippen LogP contribution is 2.34. The molecule has 1 aromatic rings. The van der Waals surface area contributed by atoms with Crippen LogP contribution in [0.15, 0.2) is 29.4 Å². The number of benzene rings is 1. The number of primary amides is 1. The van der Waals surface area contributed by atoms with Gasteiger partial charge in [0, 0.05) is 31.9 Å². The van der Waals surface area contributed by atoms with Gasteiger partial charge in [-0.15, -0.1) is 0 Å². The summed E-state index contributed by atoms with van der Waals surface area (Å²) in [6, 6.07) is 6.14. The third kappa shape index (κ3) is 2.88. The summed E-state index contributed by atoms with van der Waals surface area (Å²) >= 11 is 0. The van der Waals surface area contributed by atoms with Crippen LogP contribution in [0.4, 0.5) is 10.5 Å². The van der Waals surface area contributed by atoms with Crippen LogP contribution in [0.25, 0.3) is 0 Å². The van der Waals surface area contributed by atoms with E-state index in [0.717, 1.165) is 12.0 Å². The summed E-state index contributed by atoms with van der Waals surface area (Å²) in [5.41, 5.74) is 7.05. The van der Waals surface area contributed by atoms with Crippen LogP contribution < -0.4 is 10.6 Å². The number of fused-ring (bicyclic) bond motifs is 1. The quantitative estimate of drug-likeness (QED) is 0.493. The number of anilines is 1. The van der Waals surface area contributed by atoms with Crippen LogP contribution in [0.3, 0.4) is 0 Å². The minimum atomic E-state index is -0.679. The number of urea groups is 1. The number of hydrogen-bond donors (Lipinski definition) is 1. The first-order chi connectivity index (χ1) is 12.0. The molecule has 2 aliphatic rings. The van der Waals surface area contributed by atoms with E-state index in [2.05, 4.69) is 5.16 Å². The number of amidine groups is 1. The first-order valence-electron chi connectivity index (χ1n) is 8.07. The van der Waals surface area contributed by atoms with Crippen molar-refractivity contribution in [2.24, 2.45) is 10.9 Å². The summed E-state index contributed by atoms with van der Waals surface area (Å²) in [7, 11) is 5.22. The Labute approximate surface area is 146 Å². The van der Waals surface area contributed by atoms with Gasteiger partial charge in [0.1, 0.15) is 13.2 Å². The molecule has 133 valence electrons. The van der Waals surface area contributed by atoms with E-state index in [1.807, 2.05) is 37.5 Å². The number of nitrogens with zero attached hydrogens (tertiary/aromatic N) is 4. The van der Waals surface area contributed by atoms with Crippen molar-refractivity contribution >= 4 is 23.5 Å². The molecule has 3 amide bonds. The van der Waals surface area contributed by atoms with Crippen LogP contribution in [-0.4, -0.2) is 67.4 Å². The first kappa shape index (κ1) is 17.1. The molecule has 2 aliphatic heterocycles. The van der Waals surface area contributed by atoms with Gasteiger partial charge in [0.15, 0.2) is 5.84 Å². The van der Waals surface area contributed by atoms with E-state index in [1.54, 1.807) is 17.0 Å². The Morgan fingerprint density at radius 3 is 2.56 bits per heavy atom. The first-order valence-corrected chi connectivity index (χ1v) is 8.07. The standard InChI is InChI=1S/C17H22N5O3/c1-20(2)16(19-25-3)11-6-8-12(9-7-11)22-14(15(18)23)13-5-4-10-21(13)17(22)24/h5-9,13-14H,4,10H2,1-3H3,(H2,18,23)/t13-,14?/m1/s1. The van der Waals surface area contributed by atoms with Crippen molar-refractivity contribution in [3.05, 3.63) is 36.2 Å². The van der Waals surface area contributed by atoms with Gasteiger partial charge in [0.05, 0.1) is 6.04 Å². The monoisotopic (exact) mass is 344 g/mol. The minimum absolute atomic E-state index is 0.186. The van der Waals surface area contributed by atoms with Gasteiger partial charge in [0.25, 0.3) is 0 Å². The van der Waals surface area contributed by atoms with Crippen LogP contribution in [-0.2, 0) is 9.63 Å². The highest BCUT2D eigenvalue weighted by atomic mass is 16.6. The van der Waals surface area contributed by atoms with Crippen LogP contribution in [0.2, 0.25) is 0 Å².